The van der Waals surface area contributed by atoms with Crippen molar-refractivity contribution < 1.29 is 4.74 Å². The summed E-state index contributed by atoms with van der Waals surface area (Å²) in [6, 6.07) is 0.597. The molecule has 0 aliphatic carbocycles. The smallest absolute Gasteiger partial charge is 0.208 e. The molecule has 3 rings (SSSR count). The van der Waals surface area contributed by atoms with Gasteiger partial charge in [-0.3, -0.25) is 4.90 Å². The monoisotopic (exact) mass is 310 g/mol. The van der Waals surface area contributed by atoms with Gasteiger partial charge in [0.1, 0.15) is 5.01 Å². The number of nitrogens with zero attached hydrogens (tertiary/aromatic N) is 4. The van der Waals surface area contributed by atoms with Gasteiger partial charge < -0.3 is 9.64 Å². The second-order valence-electron chi connectivity index (χ2n) is 6.28. The van der Waals surface area contributed by atoms with Crippen molar-refractivity contribution in [3.05, 3.63) is 5.01 Å². The quantitative estimate of drug-likeness (QED) is 0.854. The van der Waals surface area contributed by atoms with Crippen molar-refractivity contribution in [2.75, 3.05) is 38.3 Å². The molecule has 5 nitrogen and oxygen atoms in total. The normalized spacial score (nSPS) is 25.9. The zero-order valence-corrected chi connectivity index (χ0v) is 14.2. The molecule has 1 unspecified atom stereocenters. The Bertz CT molecular complexity index is 470. The lowest BCUT2D eigenvalue weighted by atomic mass is 9.85. The summed E-state index contributed by atoms with van der Waals surface area (Å²) in [7, 11) is 2.29. The number of piperidine rings is 1. The Balaban J connectivity index is 1.60. The summed E-state index contributed by atoms with van der Waals surface area (Å²) in [4.78, 5) is 5.00. The number of ether oxygens (including phenoxy) is 1. The van der Waals surface area contributed by atoms with Crippen molar-refractivity contribution in [1.29, 1.82) is 0 Å². The number of likely N-dealkylation sites (N-methyl/N-ethyl adjacent to an activating group) is 1. The molecule has 0 radical (unpaired) electrons. The van der Waals surface area contributed by atoms with Crippen LogP contribution in [0.15, 0.2) is 0 Å². The summed E-state index contributed by atoms with van der Waals surface area (Å²) >= 11 is 1.71. The predicted molar refractivity (Wildman–Crippen MR) is 86.1 cm³/mol. The van der Waals surface area contributed by atoms with E-state index in [2.05, 4.69) is 34.0 Å². The zero-order chi connectivity index (χ0) is 14.9. The van der Waals surface area contributed by atoms with E-state index in [9.17, 15) is 0 Å². The molecule has 21 heavy (non-hydrogen) atoms. The molecule has 1 spiro atoms. The van der Waals surface area contributed by atoms with E-state index in [0.29, 0.717) is 11.6 Å². The Hall–Kier alpha value is -0.720. The van der Waals surface area contributed by atoms with Gasteiger partial charge in [-0.05, 0) is 46.6 Å². The van der Waals surface area contributed by atoms with Gasteiger partial charge in [0.2, 0.25) is 5.13 Å². The Morgan fingerprint density at radius 3 is 2.67 bits per heavy atom. The fourth-order valence-electron chi connectivity index (χ4n) is 3.77. The Morgan fingerprint density at radius 1 is 1.29 bits per heavy atom. The topological polar surface area (TPSA) is 41.5 Å². The van der Waals surface area contributed by atoms with E-state index in [-0.39, 0.29) is 0 Å². The van der Waals surface area contributed by atoms with Gasteiger partial charge in [0.25, 0.3) is 0 Å². The van der Waals surface area contributed by atoms with Crippen LogP contribution in [0.25, 0.3) is 0 Å². The average molecular weight is 310 g/mol. The van der Waals surface area contributed by atoms with Crippen molar-refractivity contribution >= 4 is 16.5 Å². The second kappa shape index (κ2) is 6.18. The van der Waals surface area contributed by atoms with Gasteiger partial charge in [-0.25, -0.2) is 0 Å². The van der Waals surface area contributed by atoms with Crippen LogP contribution in [0, 0.1) is 6.92 Å². The van der Waals surface area contributed by atoms with Crippen LogP contribution in [0.5, 0.6) is 0 Å². The Kier molecular flexibility index (Phi) is 4.47. The average Bonchev–Trinajstić information content (AvgIpc) is 3.05. The minimum absolute atomic E-state index is 0.387. The molecular weight excluding hydrogens is 284 g/mol. The molecule has 2 fully saturated rings. The first-order valence-corrected chi connectivity index (χ1v) is 8.82. The van der Waals surface area contributed by atoms with Crippen LogP contribution >= 0.6 is 11.3 Å². The van der Waals surface area contributed by atoms with E-state index in [1.807, 2.05) is 6.92 Å². The van der Waals surface area contributed by atoms with Gasteiger partial charge in [-0.1, -0.05) is 11.3 Å². The summed E-state index contributed by atoms with van der Waals surface area (Å²) in [6.07, 6.45) is 5.04. The third-order valence-electron chi connectivity index (χ3n) is 5.23. The summed E-state index contributed by atoms with van der Waals surface area (Å²) in [5, 5.41) is 10.6. The lowest BCUT2D eigenvalue weighted by Crippen LogP contribution is -2.53. The number of likely N-dealkylation sites (tertiary alicyclic amines) is 1. The molecule has 1 aromatic rings. The highest BCUT2D eigenvalue weighted by atomic mass is 32.1. The molecule has 1 aromatic heterocycles. The molecule has 0 saturated carbocycles. The first-order valence-electron chi connectivity index (χ1n) is 8.00. The van der Waals surface area contributed by atoms with Gasteiger partial charge in [-0.2, -0.15) is 0 Å². The highest BCUT2D eigenvalue weighted by Crippen LogP contribution is 2.41. The van der Waals surface area contributed by atoms with Crippen LogP contribution < -0.4 is 4.90 Å². The number of hydrogen-bond donors (Lipinski definition) is 0. The van der Waals surface area contributed by atoms with E-state index in [0.717, 1.165) is 36.4 Å². The van der Waals surface area contributed by atoms with E-state index in [1.165, 1.54) is 25.7 Å². The molecule has 2 saturated heterocycles. The number of rotatable bonds is 4. The van der Waals surface area contributed by atoms with E-state index in [1.54, 1.807) is 11.3 Å². The molecule has 118 valence electrons. The van der Waals surface area contributed by atoms with Crippen LogP contribution in [-0.4, -0.2) is 60.0 Å². The van der Waals surface area contributed by atoms with Crippen LogP contribution in [0.1, 0.15) is 37.6 Å². The van der Waals surface area contributed by atoms with Crippen molar-refractivity contribution in [2.45, 2.75) is 51.1 Å². The van der Waals surface area contributed by atoms with Crippen molar-refractivity contribution in [3.8, 4) is 0 Å². The Morgan fingerprint density at radius 2 is 2.05 bits per heavy atom. The largest absolute Gasteiger partial charge is 0.380 e. The standard InChI is InChI=1S/C15H26N4OS/c1-4-20-11-13-5-6-15(18(13)3)7-9-19(10-8-15)14-17-16-12(2)21-14/h13H,4-11H2,1-3H3. The summed E-state index contributed by atoms with van der Waals surface area (Å²) in [6.45, 7) is 8.00. The van der Waals surface area contributed by atoms with Crippen LogP contribution in [0.2, 0.25) is 0 Å². The number of hydrogen-bond acceptors (Lipinski definition) is 6. The fourth-order valence-corrected chi connectivity index (χ4v) is 4.51. The minimum Gasteiger partial charge on any atom is -0.380 e. The van der Waals surface area contributed by atoms with Crippen molar-refractivity contribution in [1.82, 2.24) is 15.1 Å². The molecule has 0 aromatic carbocycles. The number of anilines is 1. The second-order valence-corrected chi connectivity index (χ2v) is 7.44. The summed E-state index contributed by atoms with van der Waals surface area (Å²) in [5.74, 6) is 0. The molecule has 2 aliphatic heterocycles. The fraction of sp³-hybridized carbons (Fsp3) is 0.867. The highest BCUT2D eigenvalue weighted by Gasteiger charge is 2.45. The van der Waals surface area contributed by atoms with Gasteiger partial charge in [0.15, 0.2) is 0 Å². The van der Waals surface area contributed by atoms with Gasteiger partial charge in [0.05, 0.1) is 6.61 Å². The van der Waals surface area contributed by atoms with Crippen LogP contribution in [0.3, 0.4) is 0 Å². The van der Waals surface area contributed by atoms with Gasteiger partial charge in [-0.15, -0.1) is 10.2 Å². The summed E-state index contributed by atoms with van der Waals surface area (Å²) < 4.78 is 5.65. The lowest BCUT2D eigenvalue weighted by Gasteiger charge is -2.44. The molecule has 3 heterocycles. The molecule has 0 N–H and O–H groups in total. The summed E-state index contributed by atoms with van der Waals surface area (Å²) in [5.41, 5.74) is 0.387. The third kappa shape index (κ3) is 2.94. The van der Waals surface area contributed by atoms with E-state index in [4.69, 9.17) is 4.74 Å². The van der Waals surface area contributed by atoms with E-state index >= 15 is 0 Å². The maximum absolute atomic E-state index is 5.65. The first kappa shape index (κ1) is 15.2. The van der Waals surface area contributed by atoms with Gasteiger partial charge >= 0.3 is 0 Å². The molecule has 0 amide bonds. The van der Waals surface area contributed by atoms with E-state index < -0.39 is 0 Å². The third-order valence-corrected chi connectivity index (χ3v) is 6.13. The van der Waals surface area contributed by atoms with Gasteiger partial charge in [0, 0.05) is 31.3 Å². The first-order chi connectivity index (χ1) is 10.1. The van der Waals surface area contributed by atoms with Crippen LogP contribution in [-0.2, 0) is 4.74 Å². The maximum Gasteiger partial charge on any atom is 0.208 e. The minimum atomic E-state index is 0.387. The lowest BCUT2D eigenvalue weighted by molar-refractivity contribution is 0.0462. The van der Waals surface area contributed by atoms with Crippen LogP contribution in [0.4, 0.5) is 5.13 Å². The zero-order valence-electron chi connectivity index (χ0n) is 13.3. The Labute approximate surface area is 131 Å². The molecule has 1 atom stereocenters. The molecule has 2 aliphatic rings. The number of aromatic nitrogens is 2. The predicted octanol–water partition coefficient (Wildman–Crippen LogP) is 2.32. The van der Waals surface area contributed by atoms with Crippen molar-refractivity contribution in [2.24, 2.45) is 0 Å². The molecule has 6 heteroatoms. The van der Waals surface area contributed by atoms with Crippen molar-refractivity contribution in [3.63, 3.8) is 0 Å². The number of aryl methyl sites for hydroxylation is 1. The highest BCUT2D eigenvalue weighted by molar-refractivity contribution is 7.15. The maximum atomic E-state index is 5.65. The molecule has 0 bridgehead atoms. The SMILES string of the molecule is CCOCC1CCC2(CCN(c3nnc(C)s3)CC2)N1C. The molecular formula is C15H26N4OS.